The monoisotopic (exact) mass is 310 g/mol. The largest absolute Gasteiger partial charge is 0.497 e. The normalized spacial score (nSPS) is 10.7. The van der Waals surface area contributed by atoms with E-state index >= 15 is 0 Å². The minimum atomic E-state index is -1.32. The Morgan fingerprint density at radius 3 is 2.55 bits per heavy atom. The number of urea groups is 1. The number of rotatable bonds is 7. The fourth-order valence-electron chi connectivity index (χ4n) is 1.51. The van der Waals surface area contributed by atoms with E-state index in [1.54, 1.807) is 38.4 Å². The molecule has 0 unspecified atom stereocenters. The Bertz CT molecular complexity index is 530. The average molecular weight is 310 g/mol. The van der Waals surface area contributed by atoms with Gasteiger partial charge in [0.15, 0.2) is 0 Å². The highest BCUT2D eigenvalue weighted by atomic mass is 16.5. The van der Waals surface area contributed by atoms with Crippen LogP contribution in [-0.4, -0.2) is 54.9 Å². The average Bonchev–Trinajstić information content (AvgIpc) is 2.46. The summed E-state index contributed by atoms with van der Waals surface area (Å²) >= 11 is 0. The van der Waals surface area contributed by atoms with E-state index in [2.05, 4.69) is 5.32 Å². The number of carbonyl (C=O) groups is 2. The van der Waals surface area contributed by atoms with Crippen LogP contribution in [-0.2, 0) is 4.79 Å². The van der Waals surface area contributed by atoms with E-state index in [4.69, 9.17) is 14.6 Å². The second-order valence-corrected chi connectivity index (χ2v) is 5.31. The number of nitrogens with one attached hydrogen (secondary N) is 1. The van der Waals surface area contributed by atoms with Crippen LogP contribution in [0.25, 0.3) is 0 Å². The molecule has 0 saturated carbocycles. The molecule has 22 heavy (non-hydrogen) atoms. The quantitative estimate of drug-likeness (QED) is 0.798. The zero-order valence-corrected chi connectivity index (χ0v) is 13.3. The van der Waals surface area contributed by atoms with Gasteiger partial charge in [0.2, 0.25) is 0 Å². The maximum atomic E-state index is 11.9. The number of hydrogen-bond donors (Lipinski definition) is 2. The molecule has 7 heteroatoms. The van der Waals surface area contributed by atoms with E-state index in [-0.39, 0.29) is 6.61 Å². The standard InChI is InChI=1S/C15H22N2O5/c1-15(2,13(18)19)16-14(20)17(3)8-9-22-12-7-5-6-11(10-12)21-4/h5-7,10H,8-9H2,1-4H3,(H,16,20)(H,18,19). The van der Waals surface area contributed by atoms with Gasteiger partial charge in [0, 0.05) is 13.1 Å². The van der Waals surface area contributed by atoms with Crippen molar-refractivity contribution in [3.8, 4) is 11.5 Å². The molecule has 0 aliphatic carbocycles. The van der Waals surface area contributed by atoms with Gasteiger partial charge in [-0.1, -0.05) is 6.07 Å². The van der Waals surface area contributed by atoms with Crippen LogP contribution in [0, 0.1) is 0 Å². The number of methoxy groups -OCH3 is 1. The summed E-state index contributed by atoms with van der Waals surface area (Å²) in [4.78, 5) is 24.2. The topological polar surface area (TPSA) is 88.1 Å². The molecule has 0 fully saturated rings. The summed E-state index contributed by atoms with van der Waals surface area (Å²) in [5.41, 5.74) is -1.32. The summed E-state index contributed by atoms with van der Waals surface area (Å²) in [7, 11) is 3.14. The Kier molecular flexibility index (Phi) is 6.03. The zero-order chi connectivity index (χ0) is 16.8. The maximum Gasteiger partial charge on any atom is 0.328 e. The van der Waals surface area contributed by atoms with E-state index in [0.29, 0.717) is 18.0 Å². The lowest BCUT2D eigenvalue weighted by atomic mass is 10.1. The maximum absolute atomic E-state index is 11.9. The fourth-order valence-corrected chi connectivity index (χ4v) is 1.51. The van der Waals surface area contributed by atoms with Crippen LogP contribution in [0.2, 0.25) is 0 Å². The molecule has 2 N–H and O–H groups in total. The van der Waals surface area contributed by atoms with Crippen molar-refractivity contribution in [2.24, 2.45) is 0 Å². The number of carboxylic acids is 1. The Morgan fingerprint density at radius 1 is 1.32 bits per heavy atom. The molecule has 0 saturated heterocycles. The van der Waals surface area contributed by atoms with Gasteiger partial charge in [0.1, 0.15) is 23.6 Å². The smallest absolute Gasteiger partial charge is 0.328 e. The molecule has 0 atom stereocenters. The number of hydrogen-bond acceptors (Lipinski definition) is 4. The molecule has 0 aliphatic rings. The number of aliphatic carboxylic acids is 1. The minimum absolute atomic E-state index is 0.282. The molecule has 122 valence electrons. The van der Waals surface area contributed by atoms with Gasteiger partial charge in [-0.3, -0.25) is 0 Å². The van der Waals surface area contributed by atoms with Crippen molar-refractivity contribution < 1.29 is 24.2 Å². The zero-order valence-electron chi connectivity index (χ0n) is 13.3. The van der Waals surface area contributed by atoms with Crippen molar-refractivity contribution in [1.82, 2.24) is 10.2 Å². The molecule has 1 rings (SSSR count). The first-order chi connectivity index (χ1) is 10.3. The lowest BCUT2D eigenvalue weighted by Crippen LogP contribution is -2.53. The first-order valence-corrected chi connectivity index (χ1v) is 6.80. The summed E-state index contributed by atoms with van der Waals surface area (Å²) in [5.74, 6) is 0.229. The molecule has 1 aromatic carbocycles. The van der Waals surface area contributed by atoms with Crippen LogP contribution in [0.3, 0.4) is 0 Å². The summed E-state index contributed by atoms with van der Waals surface area (Å²) in [6, 6.07) is 6.67. The predicted molar refractivity (Wildman–Crippen MR) is 81.4 cm³/mol. The third kappa shape index (κ3) is 5.16. The number of benzene rings is 1. The first-order valence-electron chi connectivity index (χ1n) is 6.80. The van der Waals surface area contributed by atoms with Gasteiger partial charge in [0.25, 0.3) is 0 Å². The second kappa shape index (κ2) is 7.53. The third-order valence-electron chi connectivity index (χ3n) is 3.04. The number of carboxylic acid groups (broad SMARTS) is 1. The minimum Gasteiger partial charge on any atom is -0.497 e. The Hall–Kier alpha value is -2.44. The van der Waals surface area contributed by atoms with Crippen molar-refractivity contribution in [3.63, 3.8) is 0 Å². The van der Waals surface area contributed by atoms with Gasteiger partial charge >= 0.3 is 12.0 Å². The van der Waals surface area contributed by atoms with E-state index < -0.39 is 17.5 Å². The van der Waals surface area contributed by atoms with Crippen LogP contribution in [0.4, 0.5) is 4.79 Å². The number of nitrogens with zero attached hydrogens (tertiary/aromatic N) is 1. The van der Waals surface area contributed by atoms with Crippen molar-refractivity contribution in [2.75, 3.05) is 27.3 Å². The molecule has 0 aromatic heterocycles. The van der Waals surface area contributed by atoms with Crippen LogP contribution in [0.1, 0.15) is 13.8 Å². The SMILES string of the molecule is COc1cccc(OCCN(C)C(=O)NC(C)(C)C(=O)O)c1. The third-order valence-corrected chi connectivity index (χ3v) is 3.04. The van der Waals surface area contributed by atoms with Crippen LogP contribution in [0.15, 0.2) is 24.3 Å². The van der Waals surface area contributed by atoms with Crippen LogP contribution >= 0.6 is 0 Å². The molecule has 7 nitrogen and oxygen atoms in total. The number of likely N-dealkylation sites (N-methyl/N-ethyl adjacent to an activating group) is 1. The molecule has 0 spiro atoms. The van der Waals surface area contributed by atoms with Gasteiger partial charge in [0.05, 0.1) is 13.7 Å². The highest BCUT2D eigenvalue weighted by Gasteiger charge is 2.29. The number of ether oxygens (including phenoxy) is 2. The Morgan fingerprint density at radius 2 is 1.95 bits per heavy atom. The van der Waals surface area contributed by atoms with Crippen molar-refractivity contribution in [2.45, 2.75) is 19.4 Å². The number of amides is 2. The number of carbonyl (C=O) groups excluding carboxylic acids is 1. The summed E-state index contributed by atoms with van der Waals surface area (Å²) in [5, 5.41) is 11.4. The first kappa shape index (κ1) is 17.6. The van der Waals surface area contributed by atoms with Crippen LogP contribution < -0.4 is 14.8 Å². The van der Waals surface area contributed by atoms with Gasteiger partial charge in [-0.05, 0) is 26.0 Å². The van der Waals surface area contributed by atoms with Gasteiger partial charge in [-0.25, -0.2) is 9.59 Å². The van der Waals surface area contributed by atoms with Crippen LogP contribution in [0.5, 0.6) is 11.5 Å². The lowest BCUT2D eigenvalue weighted by Gasteiger charge is -2.25. The van der Waals surface area contributed by atoms with Crippen molar-refractivity contribution in [1.29, 1.82) is 0 Å². The predicted octanol–water partition coefficient (Wildman–Crippen LogP) is 1.58. The van der Waals surface area contributed by atoms with E-state index in [9.17, 15) is 9.59 Å². The van der Waals surface area contributed by atoms with E-state index in [0.717, 1.165) is 0 Å². The molecule has 0 heterocycles. The van der Waals surface area contributed by atoms with Gasteiger partial charge in [-0.15, -0.1) is 0 Å². The molecule has 0 bridgehead atoms. The molecule has 2 amide bonds. The van der Waals surface area contributed by atoms with Gasteiger partial charge in [-0.2, -0.15) is 0 Å². The van der Waals surface area contributed by atoms with Gasteiger partial charge < -0.3 is 24.8 Å². The Labute approximate surface area is 129 Å². The van der Waals surface area contributed by atoms with E-state index in [1.807, 2.05) is 0 Å². The molecule has 0 aliphatic heterocycles. The Balaban J connectivity index is 2.43. The summed E-state index contributed by atoms with van der Waals surface area (Å²) < 4.78 is 10.6. The van der Waals surface area contributed by atoms with Crippen molar-refractivity contribution in [3.05, 3.63) is 24.3 Å². The molecular weight excluding hydrogens is 288 g/mol. The molecular formula is C15H22N2O5. The van der Waals surface area contributed by atoms with Crippen molar-refractivity contribution >= 4 is 12.0 Å². The summed E-state index contributed by atoms with van der Waals surface area (Å²) in [6.45, 7) is 3.45. The highest BCUT2D eigenvalue weighted by Crippen LogP contribution is 2.18. The summed E-state index contributed by atoms with van der Waals surface area (Å²) in [6.07, 6.45) is 0. The molecule has 1 aromatic rings. The molecule has 0 radical (unpaired) electrons. The van der Waals surface area contributed by atoms with E-state index in [1.165, 1.54) is 18.7 Å². The highest BCUT2D eigenvalue weighted by molar-refractivity contribution is 5.85. The fraction of sp³-hybridized carbons (Fsp3) is 0.467. The second-order valence-electron chi connectivity index (χ2n) is 5.31. The lowest BCUT2D eigenvalue weighted by molar-refractivity contribution is -0.143.